The molecule has 0 radical (unpaired) electrons. The molecule has 2 atom stereocenters. The van der Waals surface area contributed by atoms with Crippen LogP contribution in [-0.4, -0.2) is 22.2 Å². The number of aromatic carboxylic acids is 2. The van der Waals surface area contributed by atoms with Crippen molar-refractivity contribution in [1.82, 2.24) is 0 Å². The van der Waals surface area contributed by atoms with Crippen molar-refractivity contribution in [3.05, 3.63) is 94.5 Å². The van der Waals surface area contributed by atoms with Crippen LogP contribution < -0.4 is 0 Å². The first-order chi connectivity index (χ1) is 14.3. The molecule has 4 rings (SSSR count). The van der Waals surface area contributed by atoms with Crippen LogP contribution in [0.25, 0.3) is 11.1 Å². The standard InChI is InChI=1S/C16H15.C9H8O4.Zr/c1-12-10-14-8-5-9-15(16(14)11-12)13-6-3-2-4-7-13;1-5-6(8(10)11)3-2-4-7(5)9(12)13;/h2-10,12H,11H2,1H3;2-4H,1H3,(H,10,11)(H,12,13);. The van der Waals surface area contributed by atoms with E-state index in [2.05, 4.69) is 55.5 Å². The topological polar surface area (TPSA) is 74.6 Å². The molecule has 0 spiro atoms. The molecule has 0 aliphatic heterocycles. The molecule has 0 bridgehead atoms. The maximum absolute atomic E-state index is 10.6. The van der Waals surface area contributed by atoms with Crippen molar-refractivity contribution in [1.29, 1.82) is 0 Å². The van der Waals surface area contributed by atoms with Gasteiger partial charge < -0.3 is 10.2 Å². The maximum Gasteiger partial charge on any atom is 0.335 e. The van der Waals surface area contributed by atoms with Crippen LogP contribution in [-0.2, 0) is 31.1 Å². The smallest absolute Gasteiger partial charge is 0.335 e. The Hall–Kier alpha value is -2.52. The Morgan fingerprint density at radius 2 is 1.43 bits per heavy atom. The van der Waals surface area contributed by atoms with Crippen molar-refractivity contribution in [3.8, 4) is 11.1 Å². The molecule has 1 aliphatic carbocycles. The van der Waals surface area contributed by atoms with E-state index < -0.39 is 11.9 Å². The third kappa shape index (κ3) is 4.62. The monoisotopic (exact) mass is 477 g/mol. The van der Waals surface area contributed by atoms with Gasteiger partial charge in [0.25, 0.3) is 0 Å². The molecule has 4 nitrogen and oxygen atoms in total. The molecule has 2 N–H and O–H groups in total. The molecule has 3 aromatic rings. The number of carbonyl (C=O) groups is 2. The minimum Gasteiger partial charge on any atom is -0.478 e. The average molecular weight is 479 g/mol. The van der Waals surface area contributed by atoms with Gasteiger partial charge in [-0.1, -0.05) is 6.07 Å². The largest absolute Gasteiger partial charge is 0.478 e. The number of fused-ring (bicyclic) bond motifs is 1. The summed E-state index contributed by atoms with van der Waals surface area (Å²) >= 11 is 1.65. The van der Waals surface area contributed by atoms with Gasteiger partial charge in [-0.25, -0.2) is 9.59 Å². The Morgan fingerprint density at radius 3 is 2.00 bits per heavy atom. The Bertz CT molecular complexity index is 1040. The Kier molecular flexibility index (Phi) is 7.04. The van der Waals surface area contributed by atoms with Crippen molar-refractivity contribution in [2.75, 3.05) is 0 Å². The summed E-state index contributed by atoms with van der Waals surface area (Å²) in [6.45, 7) is 3.86. The van der Waals surface area contributed by atoms with Gasteiger partial charge >= 0.3 is 130 Å². The van der Waals surface area contributed by atoms with Crippen LogP contribution in [0.2, 0.25) is 0 Å². The summed E-state index contributed by atoms with van der Waals surface area (Å²) in [4.78, 5) is 21.2. The number of hydrogen-bond acceptors (Lipinski definition) is 2. The average Bonchev–Trinajstić information content (AvgIpc) is 3.03. The van der Waals surface area contributed by atoms with Gasteiger partial charge in [0.2, 0.25) is 0 Å². The fourth-order valence-corrected chi connectivity index (χ4v) is 4.81. The van der Waals surface area contributed by atoms with Crippen LogP contribution in [0, 0.1) is 12.8 Å². The SMILES string of the molecule is CC1Cc2c(-c3ccccc3)cccc2[CH]1[Zr].Cc1c(C(=O)O)cccc1C(=O)O. The van der Waals surface area contributed by atoms with Gasteiger partial charge in [0.1, 0.15) is 0 Å². The molecule has 0 amide bonds. The summed E-state index contributed by atoms with van der Waals surface area (Å²) < 4.78 is 0.792. The van der Waals surface area contributed by atoms with Crippen LogP contribution in [0.4, 0.5) is 0 Å². The normalized spacial score (nSPS) is 16.8. The first-order valence-corrected chi connectivity index (χ1v) is 11.2. The van der Waals surface area contributed by atoms with Gasteiger partial charge in [0, 0.05) is 0 Å². The molecule has 0 fully saturated rings. The van der Waals surface area contributed by atoms with E-state index in [0.717, 1.165) is 9.54 Å². The second-order valence-electron chi connectivity index (χ2n) is 7.49. The zero-order valence-corrected chi connectivity index (χ0v) is 19.4. The second kappa shape index (κ2) is 9.53. The number of benzene rings is 3. The van der Waals surface area contributed by atoms with E-state index in [4.69, 9.17) is 10.2 Å². The van der Waals surface area contributed by atoms with E-state index in [9.17, 15) is 9.59 Å². The predicted molar refractivity (Wildman–Crippen MR) is 113 cm³/mol. The maximum atomic E-state index is 10.6. The molecular weight excluding hydrogens is 455 g/mol. The summed E-state index contributed by atoms with van der Waals surface area (Å²) in [7, 11) is 0. The molecular formula is C25H23O4Zr. The number of hydrogen-bond donors (Lipinski definition) is 2. The third-order valence-electron chi connectivity index (χ3n) is 5.52. The summed E-state index contributed by atoms with van der Waals surface area (Å²) in [5, 5.41) is 17.4. The first kappa shape index (κ1) is 22.2. The zero-order chi connectivity index (χ0) is 21.8. The first-order valence-electron chi connectivity index (χ1n) is 9.75. The number of carboxylic acid groups (broad SMARTS) is 2. The summed E-state index contributed by atoms with van der Waals surface area (Å²) in [5.74, 6) is -1.41. The zero-order valence-electron chi connectivity index (χ0n) is 16.9. The van der Waals surface area contributed by atoms with Gasteiger partial charge in [-0.3, -0.25) is 0 Å². The molecule has 1 aliphatic rings. The third-order valence-corrected chi connectivity index (χ3v) is 7.69. The van der Waals surface area contributed by atoms with E-state index in [1.165, 1.54) is 42.7 Å². The minimum atomic E-state index is -1.11. The summed E-state index contributed by atoms with van der Waals surface area (Å²) in [5.41, 5.74) is 6.33. The van der Waals surface area contributed by atoms with Crippen molar-refractivity contribution in [2.24, 2.45) is 5.92 Å². The molecule has 0 aromatic heterocycles. The number of carboxylic acids is 2. The Morgan fingerprint density at radius 1 is 0.867 bits per heavy atom. The van der Waals surface area contributed by atoms with Crippen molar-refractivity contribution < 1.29 is 44.5 Å². The molecule has 0 saturated carbocycles. The molecule has 0 saturated heterocycles. The molecule has 2 unspecified atom stereocenters. The van der Waals surface area contributed by atoms with Crippen LogP contribution in [0.3, 0.4) is 0 Å². The van der Waals surface area contributed by atoms with Gasteiger partial charge in [-0.05, 0) is 24.6 Å². The molecule has 5 heteroatoms. The summed E-state index contributed by atoms with van der Waals surface area (Å²) in [6.07, 6.45) is 1.25. The van der Waals surface area contributed by atoms with Crippen LogP contribution in [0.5, 0.6) is 0 Å². The summed E-state index contributed by atoms with van der Waals surface area (Å²) in [6, 6.07) is 21.8. The van der Waals surface area contributed by atoms with Gasteiger partial charge in [0.05, 0.1) is 11.1 Å². The van der Waals surface area contributed by atoms with E-state index in [-0.39, 0.29) is 16.7 Å². The van der Waals surface area contributed by atoms with Gasteiger partial charge in [0.15, 0.2) is 0 Å². The fraction of sp³-hybridized carbons (Fsp3) is 0.200. The van der Waals surface area contributed by atoms with Crippen LogP contribution in [0.1, 0.15) is 48.0 Å². The van der Waals surface area contributed by atoms with E-state index in [0.29, 0.717) is 0 Å². The van der Waals surface area contributed by atoms with E-state index >= 15 is 0 Å². The molecule has 0 heterocycles. The predicted octanol–water partition coefficient (Wildman–Crippen LogP) is 5.53. The van der Waals surface area contributed by atoms with Crippen LogP contribution in [0.15, 0.2) is 66.7 Å². The van der Waals surface area contributed by atoms with Crippen LogP contribution >= 0.6 is 0 Å². The van der Waals surface area contributed by atoms with Crippen molar-refractivity contribution in [3.63, 3.8) is 0 Å². The van der Waals surface area contributed by atoms with E-state index in [1.54, 1.807) is 35.8 Å². The van der Waals surface area contributed by atoms with Crippen molar-refractivity contribution >= 4 is 11.9 Å². The number of rotatable bonds is 3. The Labute approximate surface area is 191 Å². The fourth-order valence-electron chi connectivity index (χ4n) is 3.86. The molecule has 3 aromatic carbocycles. The molecule has 30 heavy (non-hydrogen) atoms. The minimum absolute atomic E-state index is 0.0277. The van der Waals surface area contributed by atoms with Crippen molar-refractivity contribution in [2.45, 2.75) is 23.9 Å². The van der Waals surface area contributed by atoms with Gasteiger partial charge in [-0.2, -0.15) is 0 Å². The quantitative estimate of drug-likeness (QED) is 0.519. The second-order valence-corrected chi connectivity index (χ2v) is 9.02. The molecule has 151 valence electrons. The van der Waals surface area contributed by atoms with Gasteiger partial charge in [-0.15, -0.1) is 0 Å². The van der Waals surface area contributed by atoms with E-state index in [1.807, 2.05) is 0 Å². The Balaban J connectivity index is 0.000000178.